The molecule has 0 radical (unpaired) electrons. The van der Waals surface area contributed by atoms with E-state index in [2.05, 4.69) is 23.1 Å². The lowest BCUT2D eigenvalue weighted by atomic mass is 10.1. The standard InChI is InChI=1S/C24H31N3O4S/c1-5-6-9-14-30-21-11-8-7-10-20(21)23(29)25-24(32)27-26-22(28)18(4)31-19-13-12-16(2)17(3)15-19/h7-8,10-13,15,18H,5-6,9,14H2,1-4H3,(H,26,28)(H2,25,27,29,32). The van der Waals surface area contributed by atoms with Gasteiger partial charge in [0, 0.05) is 0 Å². The second-order valence-electron chi connectivity index (χ2n) is 7.46. The van der Waals surface area contributed by atoms with Crippen molar-refractivity contribution in [2.45, 2.75) is 53.1 Å². The predicted octanol–water partition coefficient (Wildman–Crippen LogP) is 3.98. The van der Waals surface area contributed by atoms with Gasteiger partial charge in [0.25, 0.3) is 11.8 Å². The second kappa shape index (κ2) is 12.7. The van der Waals surface area contributed by atoms with Crippen LogP contribution in [0.25, 0.3) is 0 Å². The summed E-state index contributed by atoms with van der Waals surface area (Å²) in [6.45, 7) is 8.26. The summed E-state index contributed by atoms with van der Waals surface area (Å²) in [7, 11) is 0. The predicted molar refractivity (Wildman–Crippen MR) is 129 cm³/mol. The number of amides is 2. The van der Waals surface area contributed by atoms with Gasteiger partial charge in [-0.1, -0.05) is 38.0 Å². The average molecular weight is 458 g/mol. The molecule has 0 fully saturated rings. The van der Waals surface area contributed by atoms with Crippen molar-refractivity contribution < 1.29 is 19.1 Å². The van der Waals surface area contributed by atoms with E-state index in [0.717, 1.165) is 30.4 Å². The molecule has 7 nitrogen and oxygen atoms in total. The molecule has 3 N–H and O–H groups in total. The van der Waals surface area contributed by atoms with Crippen LogP contribution in [0.15, 0.2) is 42.5 Å². The maximum atomic E-state index is 12.6. The minimum absolute atomic E-state index is 0.0393. The third-order valence-corrected chi connectivity index (χ3v) is 5.03. The lowest BCUT2D eigenvalue weighted by Crippen LogP contribution is -2.51. The van der Waals surface area contributed by atoms with Gasteiger partial charge in [-0.15, -0.1) is 0 Å². The SMILES string of the molecule is CCCCCOc1ccccc1C(=O)NC(=S)NNC(=O)C(C)Oc1ccc(C)c(C)c1. The van der Waals surface area contributed by atoms with Crippen molar-refractivity contribution in [2.75, 3.05) is 6.61 Å². The van der Waals surface area contributed by atoms with Gasteiger partial charge >= 0.3 is 0 Å². The molecule has 0 spiro atoms. The summed E-state index contributed by atoms with van der Waals surface area (Å²) in [5.41, 5.74) is 7.56. The molecule has 8 heteroatoms. The monoisotopic (exact) mass is 457 g/mol. The number of carbonyl (C=O) groups excluding carboxylic acids is 2. The topological polar surface area (TPSA) is 88.7 Å². The zero-order chi connectivity index (χ0) is 23.5. The fraction of sp³-hybridized carbons (Fsp3) is 0.375. The number of hydrazine groups is 1. The lowest BCUT2D eigenvalue weighted by molar-refractivity contribution is -0.127. The Morgan fingerprint density at radius 3 is 2.50 bits per heavy atom. The van der Waals surface area contributed by atoms with Crippen molar-refractivity contribution in [1.29, 1.82) is 0 Å². The summed E-state index contributed by atoms with van der Waals surface area (Å²) < 4.78 is 11.4. The molecule has 2 aromatic carbocycles. The quantitative estimate of drug-likeness (QED) is 0.300. The van der Waals surface area contributed by atoms with Crippen LogP contribution in [0, 0.1) is 13.8 Å². The van der Waals surface area contributed by atoms with E-state index in [4.69, 9.17) is 21.7 Å². The summed E-state index contributed by atoms with van der Waals surface area (Å²) >= 11 is 5.12. The smallest absolute Gasteiger partial charge is 0.279 e. The van der Waals surface area contributed by atoms with Crippen LogP contribution >= 0.6 is 12.2 Å². The van der Waals surface area contributed by atoms with E-state index < -0.39 is 17.9 Å². The van der Waals surface area contributed by atoms with Gasteiger partial charge in [-0.3, -0.25) is 25.8 Å². The number of nitrogens with one attached hydrogen (secondary N) is 3. The van der Waals surface area contributed by atoms with Crippen LogP contribution in [0.1, 0.15) is 54.6 Å². The molecule has 172 valence electrons. The highest BCUT2D eigenvalue weighted by Crippen LogP contribution is 2.19. The number of benzene rings is 2. The number of unbranched alkanes of at least 4 members (excludes halogenated alkanes) is 2. The van der Waals surface area contributed by atoms with E-state index in [0.29, 0.717) is 23.7 Å². The van der Waals surface area contributed by atoms with Crippen molar-refractivity contribution in [2.24, 2.45) is 0 Å². The van der Waals surface area contributed by atoms with Crippen molar-refractivity contribution in [3.63, 3.8) is 0 Å². The maximum absolute atomic E-state index is 12.6. The second-order valence-corrected chi connectivity index (χ2v) is 7.86. The molecular weight excluding hydrogens is 426 g/mol. The first-order valence-electron chi connectivity index (χ1n) is 10.7. The molecule has 2 aromatic rings. The molecule has 0 saturated heterocycles. The Morgan fingerprint density at radius 2 is 1.78 bits per heavy atom. The maximum Gasteiger partial charge on any atom is 0.279 e. The molecule has 32 heavy (non-hydrogen) atoms. The Morgan fingerprint density at radius 1 is 1.03 bits per heavy atom. The highest BCUT2D eigenvalue weighted by Gasteiger charge is 2.17. The van der Waals surface area contributed by atoms with Gasteiger partial charge in [0.05, 0.1) is 12.2 Å². The van der Waals surface area contributed by atoms with Gasteiger partial charge in [0.15, 0.2) is 11.2 Å². The normalized spacial score (nSPS) is 11.2. The molecule has 0 aliphatic rings. The van der Waals surface area contributed by atoms with Crippen molar-refractivity contribution in [3.8, 4) is 11.5 Å². The largest absolute Gasteiger partial charge is 0.493 e. The number of aryl methyl sites for hydroxylation is 2. The molecule has 0 aliphatic carbocycles. The average Bonchev–Trinajstić information content (AvgIpc) is 2.77. The molecule has 0 aliphatic heterocycles. The minimum atomic E-state index is -0.764. The van der Waals surface area contributed by atoms with Gasteiger partial charge in [0.1, 0.15) is 11.5 Å². The molecule has 0 heterocycles. The molecule has 1 unspecified atom stereocenters. The van der Waals surface area contributed by atoms with Gasteiger partial charge in [-0.2, -0.15) is 0 Å². The summed E-state index contributed by atoms with van der Waals surface area (Å²) in [6.07, 6.45) is 2.31. The van der Waals surface area contributed by atoms with E-state index in [1.165, 1.54) is 0 Å². The summed E-state index contributed by atoms with van der Waals surface area (Å²) in [6, 6.07) is 12.6. The van der Waals surface area contributed by atoms with E-state index >= 15 is 0 Å². The van der Waals surface area contributed by atoms with Crippen molar-refractivity contribution in [3.05, 3.63) is 59.2 Å². The molecule has 0 aromatic heterocycles. The minimum Gasteiger partial charge on any atom is -0.493 e. The van der Waals surface area contributed by atoms with Gasteiger partial charge in [0.2, 0.25) is 0 Å². The molecule has 2 rings (SSSR count). The number of thiocarbonyl (C=S) groups is 1. The van der Waals surface area contributed by atoms with E-state index in [1.807, 2.05) is 32.0 Å². The van der Waals surface area contributed by atoms with E-state index in [9.17, 15) is 9.59 Å². The number of rotatable bonds is 9. The Kier molecular flexibility index (Phi) is 9.94. The molecular formula is C24H31N3O4S. The van der Waals surface area contributed by atoms with Gasteiger partial charge in [-0.05, 0) is 74.8 Å². The molecule has 0 saturated carbocycles. The first-order valence-corrected chi connectivity index (χ1v) is 11.1. The molecule has 1 atom stereocenters. The van der Waals surface area contributed by atoms with Crippen LogP contribution in [-0.2, 0) is 4.79 Å². The lowest BCUT2D eigenvalue weighted by Gasteiger charge is -2.17. The van der Waals surface area contributed by atoms with Crippen LogP contribution in [0.3, 0.4) is 0 Å². The zero-order valence-electron chi connectivity index (χ0n) is 19.0. The van der Waals surface area contributed by atoms with Crippen LogP contribution in [0.5, 0.6) is 11.5 Å². The Bertz CT molecular complexity index is 949. The van der Waals surface area contributed by atoms with Crippen LogP contribution in [0.2, 0.25) is 0 Å². The van der Waals surface area contributed by atoms with Crippen LogP contribution < -0.4 is 25.6 Å². The van der Waals surface area contributed by atoms with E-state index in [1.54, 1.807) is 31.2 Å². The van der Waals surface area contributed by atoms with Gasteiger partial charge in [-0.25, -0.2) is 0 Å². The van der Waals surface area contributed by atoms with Crippen molar-refractivity contribution >= 4 is 29.1 Å². The third-order valence-electron chi connectivity index (χ3n) is 4.82. The fourth-order valence-electron chi connectivity index (χ4n) is 2.78. The number of ether oxygens (including phenoxy) is 2. The number of carbonyl (C=O) groups is 2. The van der Waals surface area contributed by atoms with Crippen LogP contribution in [-0.4, -0.2) is 29.6 Å². The Hall–Kier alpha value is -3.13. The number of hydrogen-bond acceptors (Lipinski definition) is 5. The molecule has 2 amide bonds. The summed E-state index contributed by atoms with van der Waals surface area (Å²) in [5.74, 6) is 0.229. The van der Waals surface area contributed by atoms with E-state index in [-0.39, 0.29) is 5.11 Å². The number of para-hydroxylation sites is 1. The summed E-state index contributed by atoms with van der Waals surface area (Å²) in [4.78, 5) is 24.9. The Balaban J connectivity index is 1.83. The zero-order valence-corrected chi connectivity index (χ0v) is 19.8. The third kappa shape index (κ3) is 7.85. The van der Waals surface area contributed by atoms with Crippen molar-refractivity contribution in [1.82, 2.24) is 16.2 Å². The highest BCUT2D eigenvalue weighted by molar-refractivity contribution is 7.80. The van der Waals surface area contributed by atoms with Gasteiger partial charge < -0.3 is 9.47 Å². The summed E-state index contributed by atoms with van der Waals surface area (Å²) in [5, 5.41) is 2.50. The first kappa shape index (κ1) is 25.1. The number of hydrogen-bond donors (Lipinski definition) is 3. The Labute approximate surface area is 194 Å². The first-order chi connectivity index (χ1) is 15.3. The molecule has 0 bridgehead atoms. The fourth-order valence-corrected chi connectivity index (χ4v) is 2.92. The highest BCUT2D eigenvalue weighted by atomic mass is 32.1. The van der Waals surface area contributed by atoms with Crippen LogP contribution in [0.4, 0.5) is 0 Å².